The molecule has 1 rings (SSSR count). The van der Waals surface area contributed by atoms with Gasteiger partial charge in [0.05, 0.1) is 0 Å². The predicted molar refractivity (Wildman–Crippen MR) is 83.6 cm³/mol. The van der Waals surface area contributed by atoms with Crippen molar-refractivity contribution in [3.63, 3.8) is 0 Å². The van der Waals surface area contributed by atoms with Gasteiger partial charge in [-0.3, -0.25) is 4.79 Å². The summed E-state index contributed by atoms with van der Waals surface area (Å²) in [5.41, 5.74) is 0.574. The average Bonchev–Trinajstić information content (AvgIpc) is 2.33. The van der Waals surface area contributed by atoms with Crippen molar-refractivity contribution < 1.29 is 17.9 Å². The minimum absolute atomic E-state index is 0.0976. The highest BCUT2D eigenvalue weighted by molar-refractivity contribution is 9.10. The standard InChI is InChI=1S/C13H19BrN2O4S/c1-8(2)6-16-12(17)7-20-13-9(3)4-10(14)5-11(13)21(15,18)19/h4-5,8H,6-7H2,1-3H3,(H,16,17)(H2,15,18,19). The fraction of sp³-hybridized carbons (Fsp3) is 0.462. The number of halogens is 1. The van der Waals surface area contributed by atoms with Crippen LogP contribution in [-0.4, -0.2) is 27.5 Å². The van der Waals surface area contributed by atoms with E-state index in [1.165, 1.54) is 6.07 Å². The Balaban J connectivity index is 2.91. The number of amides is 1. The predicted octanol–water partition coefficient (Wildman–Crippen LogP) is 1.56. The van der Waals surface area contributed by atoms with E-state index >= 15 is 0 Å². The van der Waals surface area contributed by atoms with Crippen molar-refractivity contribution >= 4 is 31.9 Å². The molecule has 0 fully saturated rings. The Bertz CT molecular complexity index is 629. The number of hydrogen-bond donors (Lipinski definition) is 2. The van der Waals surface area contributed by atoms with Crippen LogP contribution >= 0.6 is 15.9 Å². The van der Waals surface area contributed by atoms with Crippen LogP contribution in [0.4, 0.5) is 0 Å². The summed E-state index contributed by atoms with van der Waals surface area (Å²) in [5.74, 6) is 0.107. The van der Waals surface area contributed by atoms with Crippen LogP contribution in [0.1, 0.15) is 19.4 Å². The molecule has 3 N–H and O–H groups in total. The lowest BCUT2D eigenvalue weighted by Crippen LogP contribution is -2.32. The molecule has 0 spiro atoms. The number of sulfonamides is 1. The zero-order chi connectivity index (χ0) is 16.2. The number of nitrogens with one attached hydrogen (secondary N) is 1. The summed E-state index contributed by atoms with van der Waals surface area (Å²) in [6, 6.07) is 3.04. The number of carbonyl (C=O) groups excluding carboxylic acids is 1. The Morgan fingerprint density at radius 2 is 2.05 bits per heavy atom. The molecule has 0 aliphatic heterocycles. The molecular formula is C13H19BrN2O4S. The van der Waals surface area contributed by atoms with Crippen molar-refractivity contribution in [1.29, 1.82) is 0 Å². The average molecular weight is 379 g/mol. The molecule has 0 aliphatic rings. The smallest absolute Gasteiger partial charge is 0.257 e. The Kier molecular flexibility index (Phi) is 6.18. The van der Waals surface area contributed by atoms with Crippen molar-refractivity contribution in [3.8, 4) is 5.75 Å². The van der Waals surface area contributed by atoms with E-state index < -0.39 is 10.0 Å². The number of hydrogen-bond acceptors (Lipinski definition) is 4. The number of ether oxygens (including phenoxy) is 1. The summed E-state index contributed by atoms with van der Waals surface area (Å²) in [6.45, 7) is 5.89. The molecule has 0 aromatic heterocycles. The van der Waals surface area contributed by atoms with Gasteiger partial charge in [-0.1, -0.05) is 29.8 Å². The quantitative estimate of drug-likeness (QED) is 0.784. The van der Waals surface area contributed by atoms with E-state index in [0.717, 1.165) is 0 Å². The third kappa shape index (κ3) is 5.64. The Labute approximate surface area is 133 Å². The molecular weight excluding hydrogens is 360 g/mol. The van der Waals surface area contributed by atoms with Crippen LogP contribution in [0.25, 0.3) is 0 Å². The second-order valence-corrected chi connectivity index (χ2v) is 7.53. The molecule has 0 saturated carbocycles. The maximum absolute atomic E-state index is 11.6. The topological polar surface area (TPSA) is 98.5 Å². The molecule has 0 aliphatic carbocycles. The van der Waals surface area contributed by atoms with E-state index in [2.05, 4.69) is 21.2 Å². The van der Waals surface area contributed by atoms with Crippen molar-refractivity contribution in [2.24, 2.45) is 11.1 Å². The first-order chi connectivity index (χ1) is 9.61. The van der Waals surface area contributed by atoms with Crippen LogP contribution in [0.3, 0.4) is 0 Å². The van der Waals surface area contributed by atoms with Crippen LogP contribution in [-0.2, 0) is 14.8 Å². The Morgan fingerprint density at radius 1 is 1.43 bits per heavy atom. The van der Waals surface area contributed by atoms with Gasteiger partial charge in [0, 0.05) is 11.0 Å². The Hall–Kier alpha value is -1.12. The summed E-state index contributed by atoms with van der Waals surface area (Å²) in [6.07, 6.45) is 0. The van der Waals surface area contributed by atoms with Crippen molar-refractivity contribution in [2.45, 2.75) is 25.7 Å². The van der Waals surface area contributed by atoms with Gasteiger partial charge in [0.25, 0.3) is 5.91 Å². The van der Waals surface area contributed by atoms with Crippen molar-refractivity contribution in [2.75, 3.05) is 13.2 Å². The minimum atomic E-state index is -3.94. The van der Waals surface area contributed by atoms with Gasteiger partial charge in [-0.25, -0.2) is 13.6 Å². The van der Waals surface area contributed by atoms with Gasteiger partial charge in [0.2, 0.25) is 10.0 Å². The van der Waals surface area contributed by atoms with Gasteiger partial charge in [-0.2, -0.15) is 0 Å². The third-order valence-corrected chi connectivity index (χ3v) is 3.94. The second kappa shape index (κ2) is 7.24. The first kappa shape index (κ1) is 17.9. The number of primary sulfonamides is 1. The lowest BCUT2D eigenvalue weighted by Gasteiger charge is -2.14. The molecule has 8 heteroatoms. The van der Waals surface area contributed by atoms with Gasteiger partial charge in [-0.15, -0.1) is 0 Å². The molecule has 0 unspecified atom stereocenters. The van der Waals surface area contributed by atoms with Crippen LogP contribution in [0, 0.1) is 12.8 Å². The normalized spacial score (nSPS) is 11.5. The second-order valence-electron chi connectivity index (χ2n) is 5.08. The van der Waals surface area contributed by atoms with E-state index in [1.54, 1.807) is 13.0 Å². The molecule has 21 heavy (non-hydrogen) atoms. The fourth-order valence-electron chi connectivity index (χ4n) is 1.60. The molecule has 0 heterocycles. The van der Waals surface area contributed by atoms with Crippen LogP contribution in [0.5, 0.6) is 5.75 Å². The lowest BCUT2D eigenvalue weighted by molar-refractivity contribution is -0.123. The maximum atomic E-state index is 11.6. The number of benzene rings is 1. The zero-order valence-corrected chi connectivity index (χ0v) is 14.5. The van der Waals surface area contributed by atoms with Gasteiger partial charge < -0.3 is 10.1 Å². The summed E-state index contributed by atoms with van der Waals surface area (Å²) in [7, 11) is -3.94. The summed E-state index contributed by atoms with van der Waals surface area (Å²) < 4.78 is 29.1. The minimum Gasteiger partial charge on any atom is -0.482 e. The van der Waals surface area contributed by atoms with E-state index in [0.29, 0.717) is 22.5 Å². The molecule has 1 aromatic carbocycles. The SMILES string of the molecule is Cc1cc(Br)cc(S(N)(=O)=O)c1OCC(=O)NCC(C)C. The van der Waals surface area contributed by atoms with Crippen LogP contribution in [0.15, 0.2) is 21.5 Å². The first-order valence-corrected chi connectivity index (χ1v) is 8.67. The number of rotatable bonds is 6. The van der Waals surface area contributed by atoms with E-state index in [9.17, 15) is 13.2 Å². The Morgan fingerprint density at radius 3 is 2.57 bits per heavy atom. The molecule has 1 aromatic rings. The summed E-state index contributed by atoms with van der Waals surface area (Å²) in [4.78, 5) is 11.5. The van der Waals surface area contributed by atoms with Gasteiger partial charge in [0.1, 0.15) is 10.6 Å². The third-order valence-electron chi connectivity index (χ3n) is 2.57. The molecule has 1 amide bonds. The maximum Gasteiger partial charge on any atom is 0.257 e. The molecule has 118 valence electrons. The molecule has 0 bridgehead atoms. The zero-order valence-electron chi connectivity index (χ0n) is 12.1. The highest BCUT2D eigenvalue weighted by atomic mass is 79.9. The number of aryl methyl sites for hydroxylation is 1. The molecule has 6 nitrogen and oxygen atoms in total. The van der Waals surface area contributed by atoms with E-state index in [-0.39, 0.29) is 23.2 Å². The van der Waals surface area contributed by atoms with E-state index in [1.807, 2.05) is 13.8 Å². The van der Waals surface area contributed by atoms with Crippen LogP contribution < -0.4 is 15.2 Å². The number of carbonyl (C=O) groups is 1. The van der Waals surface area contributed by atoms with Gasteiger partial charge in [0.15, 0.2) is 6.61 Å². The number of nitrogens with two attached hydrogens (primary N) is 1. The lowest BCUT2D eigenvalue weighted by atomic mass is 10.2. The highest BCUT2D eigenvalue weighted by Crippen LogP contribution is 2.30. The van der Waals surface area contributed by atoms with E-state index in [4.69, 9.17) is 9.88 Å². The summed E-state index contributed by atoms with van der Waals surface area (Å²) in [5, 5.41) is 7.86. The fourth-order valence-corrected chi connectivity index (χ4v) is 3.10. The molecule has 0 radical (unpaired) electrons. The van der Waals surface area contributed by atoms with Crippen molar-refractivity contribution in [1.82, 2.24) is 5.32 Å². The van der Waals surface area contributed by atoms with Gasteiger partial charge >= 0.3 is 0 Å². The van der Waals surface area contributed by atoms with Gasteiger partial charge in [-0.05, 0) is 30.5 Å². The molecule has 0 atom stereocenters. The molecule has 0 saturated heterocycles. The summed E-state index contributed by atoms with van der Waals surface area (Å²) >= 11 is 3.21. The monoisotopic (exact) mass is 378 g/mol. The van der Waals surface area contributed by atoms with Crippen molar-refractivity contribution in [3.05, 3.63) is 22.2 Å². The largest absolute Gasteiger partial charge is 0.482 e. The first-order valence-electron chi connectivity index (χ1n) is 6.33. The highest BCUT2D eigenvalue weighted by Gasteiger charge is 2.19. The van der Waals surface area contributed by atoms with Crippen LogP contribution in [0.2, 0.25) is 0 Å².